The Bertz CT molecular complexity index is 331. The van der Waals surface area contributed by atoms with E-state index in [1.54, 1.807) is 0 Å². The van der Waals surface area contributed by atoms with Crippen LogP contribution in [0, 0.1) is 0 Å². The molecule has 0 bridgehead atoms. The van der Waals surface area contributed by atoms with Crippen molar-refractivity contribution in [2.75, 3.05) is 6.61 Å². The third-order valence-corrected chi connectivity index (χ3v) is 2.26. The molecule has 0 aromatic carbocycles. The Labute approximate surface area is 103 Å². The molecular formula is C12H23N3O2. The third-order valence-electron chi connectivity index (χ3n) is 2.26. The Morgan fingerprint density at radius 1 is 1.47 bits per heavy atom. The van der Waals surface area contributed by atoms with E-state index in [1.165, 1.54) is 6.33 Å². The van der Waals surface area contributed by atoms with Gasteiger partial charge in [-0.2, -0.15) is 5.10 Å². The largest absolute Gasteiger partial charge is 0.390 e. The van der Waals surface area contributed by atoms with Crippen LogP contribution in [-0.4, -0.2) is 38.2 Å². The summed E-state index contributed by atoms with van der Waals surface area (Å²) in [5.41, 5.74) is -0.224. The van der Waals surface area contributed by atoms with Gasteiger partial charge in [0, 0.05) is 13.0 Å². The molecule has 0 fully saturated rings. The number of aromatic nitrogens is 3. The first-order chi connectivity index (χ1) is 7.92. The molecule has 98 valence electrons. The molecule has 0 aliphatic carbocycles. The minimum absolute atomic E-state index is 0.224. The molecule has 1 aromatic heterocycles. The molecule has 1 heterocycles. The van der Waals surface area contributed by atoms with Crippen LogP contribution in [0.4, 0.5) is 0 Å². The van der Waals surface area contributed by atoms with Crippen molar-refractivity contribution in [3.8, 4) is 0 Å². The van der Waals surface area contributed by atoms with Crippen molar-refractivity contribution in [2.24, 2.45) is 0 Å². The van der Waals surface area contributed by atoms with Gasteiger partial charge in [-0.15, -0.1) is 0 Å². The van der Waals surface area contributed by atoms with Gasteiger partial charge in [-0.05, 0) is 27.2 Å². The van der Waals surface area contributed by atoms with Crippen LogP contribution in [0.2, 0.25) is 0 Å². The fourth-order valence-electron chi connectivity index (χ4n) is 1.46. The molecule has 1 unspecified atom stereocenters. The van der Waals surface area contributed by atoms with Crippen LogP contribution in [0.3, 0.4) is 0 Å². The van der Waals surface area contributed by atoms with Crippen LogP contribution in [-0.2, 0) is 17.7 Å². The number of aliphatic hydroxyl groups excluding tert-OH is 1. The summed E-state index contributed by atoms with van der Waals surface area (Å²) in [6.07, 6.45) is 2.48. The minimum Gasteiger partial charge on any atom is -0.390 e. The zero-order valence-electron chi connectivity index (χ0n) is 11.2. The molecule has 1 atom stereocenters. The highest BCUT2D eigenvalue weighted by Crippen LogP contribution is 2.09. The number of aliphatic hydroxyl groups is 1. The molecule has 0 aliphatic rings. The van der Waals surface area contributed by atoms with Gasteiger partial charge in [-0.25, -0.2) is 4.98 Å². The summed E-state index contributed by atoms with van der Waals surface area (Å²) in [6, 6.07) is 0. The molecule has 0 saturated heterocycles. The number of aryl methyl sites for hydroxylation is 1. The van der Waals surface area contributed by atoms with Crippen LogP contribution in [0.5, 0.6) is 0 Å². The molecule has 0 aliphatic heterocycles. The fraction of sp³-hybridized carbons (Fsp3) is 0.833. The van der Waals surface area contributed by atoms with Crippen molar-refractivity contribution in [3.63, 3.8) is 0 Å². The van der Waals surface area contributed by atoms with Gasteiger partial charge < -0.3 is 9.84 Å². The zero-order chi connectivity index (χ0) is 12.9. The lowest BCUT2D eigenvalue weighted by molar-refractivity contribution is -0.0488. The molecule has 17 heavy (non-hydrogen) atoms. The summed E-state index contributed by atoms with van der Waals surface area (Å²) >= 11 is 0. The second-order valence-electron chi connectivity index (χ2n) is 5.18. The van der Waals surface area contributed by atoms with Gasteiger partial charge in [0.1, 0.15) is 12.2 Å². The lowest BCUT2D eigenvalue weighted by Crippen LogP contribution is -2.28. The molecule has 0 radical (unpaired) electrons. The first-order valence-electron chi connectivity index (χ1n) is 6.11. The normalized spacial score (nSPS) is 13.9. The maximum Gasteiger partial charge on any atom is 0.138 e. The number of nitrogens with zero attached hydrogens (tertiary/aromatic N) is 3. The van der Waals surface area contributed by atoms with Crippen LogP contribution >= 0.6 is 0 Å². The monoisotopic (exact) mass is 241 g/mol. The first kappa shape index (κ1) is 14.1. The van der Waals surface area contributed by atoms with Gasteiger partial charge in [0.05, 0.1) is 18.3 Å². The van der Waals surface area contributed by atoms with Gasteiger partial charge in [0.25, 0.3) is 0 Å². The quantitative estimate of drug-likeness (QED) is 0.818. The molecule has 5 heteroatoms. The van der Waals surface area contributed by atoms with Gasteiger partial charge >= 0.3 is 0 Å². The number of rotatable bonds is 6. The molecule has 0 amide bonds. The lowest BCUT2D eigenvalue weighted by atomic mass is 10.2. The number of hydrogen-bond acceptors (Lipinski definition) is 4. The lowest BCUT2D eigenvalue weighted by Gasteiger charge is -2.21. The Morgan fingerprint density at radius 2 is 2.18 bits per heavy atom. The zero-order valence-corrected chi connectivity index (χ0v) is 11.2. The van der Waals surface area contributed by atoms with E-state index in [0.717, 1.165) is 18.8 Å². The van der Waals surface area contributed by atoms with E-state index in [1.807, 2.05) is 25.5 Å². The SMILES string of the molecule is CCCn1ncnc1CC(O)COC(C)(C)C. The van der Waals surface area contributed by atoms with E-state index in [2.05, 4.69) is 17.0 Å². The van der Waals surface area contributed by atoms with E-state index in [9.17, 15) is 5.11 Å². The Morgan fingerprint density at radius 3 is 2.76 bits per heavy atom. The van der Waals surface area contributed by atoms with Crippen molar-refractivity contribution >= 4 is 0 Å². The van der Waals surface area contributed by atoms with Gasteiger partial charge in [-0.1, -0.05) is 6.92 Å². The van der Waals surface area contributed by atoms with Crippen LogP contribution in [0.15, 0.2) is 6.33 Å². The average Bonchev–Trinajstić information content (AvgIpc) is 2.63. The predicted octanol–water partition coefficient (Wildman–Crippen LogP) is 1.41. The predicted molar refractivity (Wildman–Crippen MR) is 65.7 cm³/mol. The van der Waals surface area contributed by atoms with E-state index >= 15 is 0 Å². The molecule has 0 spiro atoms. The summed E-state index contributed by atoms with van der Waals surface area (Å²) in [4.78, 5) is 4.16. The molecule has 5 nitrogen and oxygen atoms in total. The Balaban J connectivity index is 2.44. The molecule has 0 saturated carbocycles. The van der Waals surface area contributed by atoms with Crippen molar-refractivity contribution in [1.29, 1.82) is 0 Å². The summed E-state index contributed by atoms with van der Waals surface area (Å²) in [6.45, 7) is 9.16. The Hall–Kier alpha value is -0.940. The Kier molecular flexibility index (Phi) is 5.08. The third kappa shape index (κ3) is 5.28. The fourth-order valence-corrected chi connectivity index (χ4v) is 1.46. The van der Waals surface area contributed by atoms with Crippen LogP contribution in [0.1, 0.15) is 39.9 Å². The second kappa shape index (κ2) is 6.12. The highest BCUT2D eigenvalue weighted by atomic mass is 16.5. The maximum atomic E-state index is 9.87. The van der Waals surface area contributed by atoms with Gasteiger partial charge in [0.2, 0.25) is 0 Å². The second-order valence-corrected chi connectivity index (χ2v) is 5.18. The van der Waals surface area contributed by atoms with Crippen LogP contribution in [0.25, 0.3) is 0 Å². The summed E-state index contributed by atoms with van der Waals surface area (Å²) in [7, 11) is 0. The van der Waals surface area contributed by atoms with Crippen molar-refractivity contribution in [3.05, 3.63) is 12.2 Å². The summed E-state index contributed by atoms with van der Waals surface area (Å²) < 4.78 is 7.37. The molecule has 1 N–H and O–H groups in total. The highest BCUT2D eigenvalue weighted by Gasteiger charge is 2.16. The van der Waals surface area contributed by atoms with E-state index in [0.29, 0.717) is 13.0 Å². The number of hydrogen-bond donors (Lipinski definition) is 1. The van der Waals surface area contributed by atoms with E-state index in [4.69, 9.17) is 4.74 Å². The van der Waals surface area contributed by atoms with Crippen LogP contribution < -0.4 is 0 Å². The van der Waals surface area contributed by atoms with E-state index < -0.39 is 6.10 Å². The summed E-state index contributed by atoms with van der Waals surface area (Å²) in [5, 5.41) is 14.0. The highest BCUT2D eigenvalue weighted by molar-refractivity contribution is 4.87. The van der Waals surface area contributed by atoms with E-state index in [-0.39, 0.29) is 5.60 Å². The van der Waals surface area contributed by atoms with Crippen molar-refractivity contribution in [1.82, 2.24) is 14.8 Å². The number of ether oxygens (including phenoxy) is 1. The van der Waals surface area contributed by atoms with Crippen molar-refractivity contribution in [2.45, 2.75) is 58.8 Å². The smallest absolute Gasteiger partial charge is 0.138 e. The molecule has 1 rings (SSSR count). The van der Waals surface area contributed by atoms with Gasteiger partial charge in [-0.3, -0.25) is 4.68 Å². The molecular weight excluding hydrogens is 218 g/mol. The maximum absolute atomic E-state index is 9.87. The van der Waals surface area contributed by atoms with Gasteiger partial charge in [0.15, 0.2) is 0 Å². The average molecular weight is 241 g/mol. The van der Waals surface area contributed by atoms with Crippen molar-refractivity contribution < 1.29 is 9.84 Å². The minimum atomic E-state index is -0.533. The standard InChI is InChI=1S/C12H23N3O2/c1-5-6-15-11(13-9-14-15)7-10(16)8-17-12(2,3)4/h9-10,16H,5-8H2,1-4H3. The molecule has 1 aromatic rings. The topological polar surface area (TPSA) is 60.2 Å². The summed E-state index contributed by atoms with van der Waals surface area (Å²) in [5.74, 6) is 0.817. The first-order valence-corrected chi connectivity index (χ1v) is 6.11.